The normalized spacial score (nSPS) is 11.3. The molecule has 7 heteroatoms. The van der Waals surface area contributed by atoms with Crippen molar-refractivity contribution in [1.29, 1.82) is 0 Å². The fourth-order valence-corrected chi connectivity index (χ4v) is 3.54. The van der Waals surface area contributed by atoms with Crippen LogP contribution in [0.25, 0.3) is 0 Å². The molecule has 1 aromatic heterocycles. The zero-order chi connectivity index (χ0) is 20.7. The van der Waals surface area contributed by atoms with Gasteiger partial charge in [0.15, 0.2) is 5.16 Å². The number of rotatable bonds is 8. The van der Waals surface area contributed by atoms with E-state index in [2.05, 4.69) is 53.4 Å². The van der Waals surface area contributed by atoms with Crippen LogP contribution in [0.5, 0.6) is 5.75 Å². The van der Waals surface area contributed by atoms with E-state index in [0.29, 0.717) is 24.5 Å². The largest absolute Gasteiger partial charge is 0.492 e. The average Bonchev–Trinajstić information content (AvgIpc) is 3.23. The number of thioether (sulfide) groups is 1. The molecular weight excluding hydrogens is 384 g/mol. The molecule has 0 spiro atoms. The van der Waals surface area contributed by atoms with Gasteiger partial charge in [0.25, 0.3) is 5.91 Å². The monoisotopic (exact) mass is 410 g/mol. The lowest BCUT2D eigenvalue weighted by Crippen LogP contribution is -2.28. The quantitative estimate of drug-likeness (QED) is 0.430. The van der Waals surface area contributed by atoms with E-state index < -0.39 is 0 Å². The maximum atomic E-state index is 12.6. The number of nitrogens with one attached hydrogen (secondary N) is 2. The number of aromatic amines is 1. The van der Waals surface area contributed by atoms with Gasteiger partial charge in [0.05, 0.1) is 6.54 Å². The smallest absolute Gasteiger partial charge is 0.251 e. The minimum absolute atomic E-state index is 0.106. The number of hydrogen-bond donors (Lipinski definition) is 2. The molecule has 0 fully saturated rings. The van der Waals surface area contributed by atoms with Gasteiger partial charge in [0, 0.05) is 11.3 Å². The highest BCUT2D eigenvalue weighted by molar-refractivity contribution is 7.98. The molecule has 0 aliphatic rings. The molecule has 1 heterocycles. The molecule has 29 heavy (non-hydrogen) atoms. The van der Waals surface area contributed by atoms with Crippen molar-refractivity contribution in [2.45, 2.75) is 37.1 Å². The molecular formula is C22H26N4O2S. The highest BCUT2D eigenvalue weighted by Crippen LogP contribution is 2.24. The van der Waals surface area contributed by atoms with Crippen molar-refractivity contribution in [3.05, 3.63) is 71.5 Å². The van der Waals surface area contributed by atoms with Gasteiger partial charge in [0.2, 0.25) is 0 Å². The van der Waals surface area contributed by atoms with Crippen molar-refractivity contribution in [3.8, 4) is 5.75 Å². The minimum Gasteiger partial charge on any atom is -0.492 e. The van der Waals surface area contributed by atoms with Crippen LogP contribution in [0.15, 0.2) is 60.0 Å². The SMILES string of the molecule is CC(C)(C)c1ccc(OCCNC(=O)c2ccccc2CSc2ncn[nH]2)cc1. The molecule has 0 atom stereocenters. The zero-order valence-corrected chi connectivity index (χ0v) is 17.8. The lowest BCUT2D eigenvalue weighted by atomic mass is 9.87. The third kappa shape index (κ3) is 6.09. The van der Waals surface area contributed by atoms with E-state index in [4.69, 9.17) is 4.74 Å². The van der Waals surface area contributed by atoms with Crippen LogP contribution in [-0.2, 0) is 11.2 Å². The van der Waals surface area contributed by atoms with Crippen LogP contribution in [0.2, 0.25) is 0 Å². The fourth-order valence-electron chi connectivity index (χ4n) is 2.76. The summed E-state index contributed by atoms with van der Waals surface area (Å²) in [4.78, 5) is 16.7. The molecule has 0 saturated heterocycles. The average molecular weight is 411 g/mol. The number of hydrogen-bond acceptors (Lipinski definition) is 5. The summed E-state index contributed by atoms with van der Waals surface area (Å²) in [5.41, 5.74) is 2.99. The van der Waals surface area contributed by atoms with Crippen LogP contribution >= 0.6 is 11.8 Å². The molecule has 0 aliphatic carbocycles. The topological polar surface area (TPSA) is 79.9 Å². The summed E-state index contributed by atoms with van der Waals surface area (Å²) < 4.78 is 5.75. The lowest BCUT2D eigenvalue weighted by molar-refractivity contribution is 0.0946. The molecule has 2 N–H and O–H groups in total. The van der Waals surface area contributed by atoms with Gasteiger partial charge in [-0.2, -0.15) is 5.10 Å². The standard InChI is InChI=1S/C22H26N4O2S/c1-22(2,3)17-8-10-18(11-9-17)28-13-12-23-20(27)19-7-5-4-6-16(19)14-29-21-24-15-25-26-21/h4-11,15H,12-14H2,1-3H3,(H,23,27)(H,24,25,26). The van der Waals surface area contributed by atoms with Crippen molar-refractivity contribution in [1.82, 2.24) is 20.5 Å². The van der Waals surface area contributed by atoms with E-state index in [1.807, 2.05) is 36.4 Å². The number of nitrogens with zero attached hydrogens (tertiary/aromatic N) is 2. The molecule has 6 nitrogen and oxygen atoms in total. The van der Waals surface area contributed by atoms with Gasteiger partial charge in [-0.3, -0.25) is 9.89 Å². The second-order valence-electron chi connectivity index (χ2n) is 7.62. The van der Waals surface area contributed by atoms with Gasteiger partial charge >= 0.3 is 0 Å². The first kappa shape index (κ1) is 20.9. The predicted octanol–water partition coefficient (Wildman–Crippen LogP) is 4.20. The summed E-state index contributed by atoms with van der Waals surface area (Å²) in [5.74, 6) is 1.33. The Hall–Kier alpha value is -2.80. The van der Waals surface area contributed by atoms with Crippen LogP contribution in [0.4, 0.5) is 0 Å². The number of carbonyl (C=O) groups excluding carboxylic acids is 1. The molecule has 152 valence electrons. The Kier molecular flexibility index (Phi) is 6.93. The molecule has 0 radical (unpaired) electrons. The maximum Gasteiger partial charge on any atom is 0.251 e. The summed E-state index contributed by atoms with van der Waals surface area (Å²) in [6.07, 6.45) is 1.47. The molecule has 0 unspecified atom stereocenters. The molecule has 0 bridgehead atoms. The number of benzene rings is 2. The van der Waals surface area contributed by atoms with E-state index in [-0.39, 0.29) is 11.3 Å². The van der Waals surface area contributed by atoms with Crippen LogP contribution in [0.3, 0.4) is 0 Å². The predicted molar refractivity (Wildman–Crippen MR) is 115 cm³/mol. The van der Waals surface area contributed by atoms with E-state index >= 15 is 0 Å². The summed E-state index contributed by atoms with van der Waals surface area (Å²) >= 11 is 1.51. The first-order valence-corrected chi connectivity index (χ1v) is 10.5. The molecule has 0 aliphatic heterocycles. The van der Waals surface area contributed by atoms with Gasteiger partial charge in [0.1, 0.15) is 18.7 Å². The summed E-state index contributed by atoms with van der Waals surface area (Å²) in [5, 5.41) is 10.3. The summed E-state index contributed by atoms with van der Waals surface area (Å²) in [6, 6.07) is 15.7. The second kappa shape index (κ2) is 9.60. The first-order valence-electron chi connectivity index (χ1n) is 9.51. The number of ether oxygens (including phenoxy) is 1. The Morgan fingerprint density at radius 1 is 1.14 bits per heavy atom. The fraction of sp³-hybridized carbons (Fsp3) is 0.318. The van der Waals surface area contributed by atoms with Crippen molar-refractivity contribution in [2.24, 2.45) is 0 Å². The van der Waals surface area contributed by atoms with Gasteiger partial charge in [-0.05, 0) is 34.7 Å². The Labute approximate surface area is 175 Å². The third-order valence-corrected chi connectivity index (χ3v) is 5.32. The van der Waals surface area contributed by atoms with Crippen LogP contribution in [0.1, 0.15) is 42.3 Å². The summed E-state index contributed by atoms with van der Waals surface area (Å²) in [7, 11) is 0. The lowest BCUT2D eigenvalue weighted by Gasteiger charge is -2.19. The zero-order valence-electron chi connectivity index (χ0n) is 16.9. The van der Waals surface area contributed by atoms with E-state index in [1.54, 1.807) is 0 Å². The highest BCUT2D eigenvalue weighted by atomic mass is 32.2. The van der Waals surface area contributed by atoms with Gasteiger partial charge in [-0.25, -0.2) is 4.98 Å². The van der Waals surface area contributed by atoms with Gasteiger partial charge in [-0.1, -0.05) is 62.9 Å². The second-order valence-corrected chi connectivity index (χ2v) is 8.58. The van der Waals surface area contributed by atoms with E-state index in [1.165, 1.54) is 23.7 Å². The molecule has 0 saturated carbocycles. The van der Waals surface area contributed by atoms with Crippen molar-refractivity contribution >= 4 is 17.7 Å². The van der Waals surface area contributed by atoms with Crippen LogP contribution < -0.4 is 10.1 Å². The molecule has 1 amide bonds. The van der Waals surface area contributed by atoms with Gasteiger partial charge in [-0.15, -0.1) is 0 Å². The molecule has 2 aromatic carbocycles. The van der Waals surface area contributed by atoms with Crippen LogP contribution in [-0.4, -0.2) is 34.2 Å². The van der Waals surface area contributed by atoms with Crippen LogP contribution in [0, 0.1) is 0 Å². The third-order valence-electron chi connectivity index (χ3n) is 4.40. The Morgan fingerprint density at radius 3 is 2.59 bits per heavy atom. The highest BCUT2D eigenvalue weighted by Gasteiger charge is 2.13. The minimum atomic E-state index is -0.106. The Bertz CT molecular complexity index is 919. The van der Waals surface area contributed by atoms with Gasteiger partial charge < -0.3 is 10.1 Å². The number of aromatic nitrogens is 3. The Balaban J connectivity index is 1.48. The molecule has 3 rings (SSSR count). The van der Waals surface area contributed by atoms with Crippen molar-refractivity contribution < 1.29 is 9.53 Å². The maximum absolute atomic E-state index is 12.6. The van der Waals surface area contributed by atoms with Crippen molar-refractivity contribution in [3.63, 3.8) is 0 Å². The Morgan fingerprint density at radius 2 is 1.90 bits per heavy atom. The van der Waals surface area contributed by atoms with E-state index in [0.717, 1.165) is 16.5 Å². The number of amides is 1. The number of carbonyl (C=O) groups is 1. The first-order chi connectivity index (χ1) is 13.9. The molecule has 3 aromatic rings. The number of H-pyrrole nitrogens is 1. The van der Waals surface area contributed by atoms with E-state index in [9.17, 15) is 4.79 Å². The summed E-state index contributed by atoms with van der Waals surface area (Å²) in [6.45, 7) is 7.39. The van der Waals surface area contributed by atoms with Crippen molar-refractivity contribution in [2.75, 3.05) is 13.2 Å².